The summed E-state index contributed by atoms with van der Waals surface area (Å²) in [7, 11) is 0. The Morgan fingerprint density at radius 1 is 1.57 bits per heavy atom. The van der Waals surface area contributed by atoms with Gasteiger partial charge in [0.2, 0.25) is 0 Å². The molecule has 1 N–H and O–H groups in total. The molecule has 0 saturated carbocycles. The van der Waals surface area contributed by atoms with Gasteiger partial charge in [-0.05, 0) is 39.3 Å². The Bertz CT molecular complexity index is 560. The lowest BCUT2D eigenvalue weighted by atomic mass is 10.2. The molecule has 1 saturated heterocycles. The average Bonchev–Trinajstić information content (AvgIpc) is 2.85. The van der Waals surface area contributed by atoms with Gasteiger partial charge >= 0.3 is 6.09 Å². The van der Waals surface area contributed by atoms with Crippen LogP contribution < -0.4 is 5.32 Å². The molecule has 0 spiro atoms. The molecule has 1 fully saturated rings. The third kappa shape index (κ3) is 4.35. The fourth-order valence-electron chi connectivity index (χ4n) is 2.16. The second kappa shape index (κ2) is 6.00. The van der Waals surface area contributed by atoms with Crippen LogP contribution in [0.3, 0.4) is 0 Å². The number of ether oxygens (including phenoxy) is 1. The Morgan fingerprint density at radius 2 is 2.33 bits per heavy atom. The monoisotopic (exact) mass is 288 g/mol. The average molecular weight is 288 g/mol. The molecule has 1 aliphatic rings. The highest BCUT2D eigenvalue weighted by molar-refractivity contribution is 5.68. The second-order valence-corrected chi connectivity index (χ2v) is 6.10. The van der Waals surface area contributed by atoms with Crippen molar-refractivity contribution in [1.82, 2.24) is 9.88 Å². The number of nitrogens with zero attached hydrogens (tertiary/aromatic N) is 3. The maximum Gasteiger partial charge on any atom is 0.410 e. The van der Waals surface area contributed by atoms with Gasteiger partial charge in [0.1, 0.15) is 11.4 Å². The highest BCUT2D eigenvalue weighted by atomic mass is 16.6. The van der Waals surface area contributed by atoms with Crippen molar-refractivity contribution in [2.45, 2.75) is 38.8 Å². The Kier molecular flexibility index (Phi) is 4.32. The zero-order valence-electron chi connectivity index (χ0n) is 12.6. The van der Waals surface area contributed by atoms with E-state index in [0.29, 0.717) is 24.5 Å². The molecule has 112 valence electrons. The number of nitriles is 1. The molecule has 0 aromatic carbocycles. The first-order valence-electron chi connectivity index (χ1n) is 6.98. The molecule has 21 heavy (non-hydrogen) atoms. The number of nitrogens with one attached hydrogen (secondary N) is 1. The van der Waals surface area contributed by atoms with Crippen molar-refractivity contribution in [3.8, 4) is 6.07 Å². The predicted octanol–water partition coefficient (Wildman–Crippen LogP) is 2.37. The number of hydrogen-bond donors (Lipinski definition) is 1. The molecule has 6 heteroatoms. The van der Waals surface area contributed by atoms with E-state index in [1.165, 1.54) is 0 Å². The molecular formula is C15H20N4O2. The molecule has 1 unspecified atom stereocenters. The van der Waals surface area contributed by atoms with E-state index in [1.54, 1.807) is 23.2 Å². The van der Waals surface area contributed by atoms with E-state index >= 15 is 0 Å². The van der Waals surface area contributed by atoms with Crippen molar-refractivity contribution >= 4 is 11.9 Å². The third-order valence-corrected chi connectivity index (χ3v) is 3.08. The van der Waals surface area contributed by atoms with Gasteiger partial charge < -0.3 is 15.0 Å². The summed E-state index contributed by atoms with van der Waals surface area (Å²) in [5.41, 5.74) is 0.0835. The van der Waals surface area contributed by atoms with Crippen molar-refractivity contribution in [1.29, 1.82) is 5.26 Å². The number of carbonyl (C=O) groups excluding carboxylic acids is 1. The molecule has 0 aliphatic carbocycles. The van der Waals surface area contributed by atoms with Gasteiger partial charge in [0.25, 0.3) is 0 Å². The molecule has 2 heterocycles. The number of hydrogen-bond acceptors (Lipinski definition) is 5. The summed E-state index contributed by atoms with van der Waals surface area (Å²) < 4.78 is 5.36. The van der Waals surface area contributed by atoms with E-state index < -0.39 is 5.60 Å². The maximum atomic E-state index is 12.0. The summed E-state index contributed by atoms with van der Waals surface area (Å²) in [6.07, 6.45) is 2.14. The zero-order valence-corrected chi connectivity index (χ0v) is 12.6. The normalized spacial score (nSPS) is 18.2. The molecule has 6 nitrogen and oxygen atoms in total. The molecule has 1 aliphatic heterocycles. The smallest absolute Gasteiger partial charge is 0.410 e. The van der Waals surface area contributed by atoms with Crippen LogP contribution in [-0.4, -0.2) is 40.7 Å². The van der Waals surface area contributed by atoms with E-state index in [-0.39, 0.29) is 12.1 Å². The number of rotatable bonds is 2. The van der Waals surface area contributed by atoms with Crippen molar-refractivity contribution in [3.63, 3.8) is 0 Å². The number of likely N-dealkylation sites (tertiary alicyclic amines) is 1. The fraction of sp³-hybridized carbons (Fsp3) is 0.533. The Labute approximate surface area is 124 Å². The van der Waals surface area contributed by atoms with Gasteiger partial charge in [0.15, 0.2) is 0 Å². The lowest BCUT2D eigenvalue weighted by molar-refractivity contribution is 0.0293. The first-order chi connectivity index (χ1) is 9.87. The molecule has 1 atom stereocenters. The van der Waals surface area contributed by atoms with E-state index in [4.69, 9.17) is 10.00 Å². The SMILES string of the molecule is CC(C)(C)OC(=O)N1CCC(Nc2cc(C#N)ccn2)C1. The highest BCUT2D eigenvalue weighted by Crippen LogP contribution is 2.18. The number of pyridine rings is 1. The molecule has 1 amide bonds. The summed E-state index contributed by atoms with van der Waals surface area (Å²) >= 11 is 0. The molecule has 1 aromatic heterocycles. The van der Waals surface area contributed by atoms with Crippen LogP contribution >= 0.6 is 0 Å². The quantitative estimate of drug-likeness (QED) is 0.904. The first kappa shape index (κ1) is 15.1. The highest BCUT2D eigenvalue weighted by Gasteiger charge is 2.29. The lowest BCUT2D eigenvalue weighted by Crippen LogP contribution is -2.36. The molecule has 0 radical (unpaired) electrons. The second-order valence-electron chi connectivity index (χ2n) is 6.10. The Morgan fingerprint density at radius 3 is 3.00 bits per heavy atom. The number of aromatic nitrogens is 1. The first-order valence-corrected chi connectivity index (χ1v) is 6.98. The van der Waals surface area contributed by atoms with Crippen LogP contribution in [0.1, 0.15) is 32.8 Å². The lowest BCUT2D eigenvalue weighted by Gasteiger charge is -2.24. The van der Waals surface area contributed by atoms with Crippen molar-refractivity contribution in [2.24, 2.45) is 0 Å². The van der Waals surface area contributed by atoms with E-state index in [2.05, 4.69) is 16.4 Å². The minimum atomic E-state index is -0.481. The maximum absolute atomic E-state index is 12.0. The summed E-state index contributed by atoms with van der Waals surface area (Å²) in [6.45, 7) is 6.80. The van der Waals surface area contributed by atoms with Crippen LogP contribution in [0, 0.1) is 11.3 Å². The van der Waals surface area contributed by atoms with Crippen molar-refractivity contribution in [3.05, 3.63) is 23.9 Å². The van der Waals surface area contributed by atoms with Crippen LogP contribution in [0.5, 0.6) is 0 Å². The van der Waals surface area contributed by atoms with Gasteiger partial charge in [-0.2, -0.15) is 5.26 Å². The van der Waals surface area contributed by atoms with E-state index in [0.717, 1.165) is 6.42 Å². The van der Waals surface area contributed by atoms with Crippen molar-refractivity contribution in [2.75, 3.05) is 18.4 Å². The van der Waals surface area contributed by atoms with E-state index in [9.17, 15) is 4.79 Å². The van der Waals surface area contributed by atoms with Crippen molar-refractivity contribution < 1.29 is 9.53 Å². The predicted molar refractivity (Wildman–Crippen MR) is 78.8 cm³/mol. The summed E-state index contributed by atoms with van der Waals surface area (Å²) in [5, 5.41) is 12.1. The minimum Gasteiger partial charge on any atom is -0.444 e. The summed E-state index contributed by atoms with van der Waals surface area (Å²) in [5.74, 6) is 0.657. The van der Waals surface area contributed by atoms with Gasteiger partial charge in [0, 0.05) is 25.3 Å². The molecular weight excluding hydrogens is 268 g/mol. The number of anilines is 1. The summed E-state index contributed by atoms with van der Waals surface area (Å²) in [4.78, 5) is 17.9. The van der Waals surface area contributed by atoms with Crippen LogP contribution in [0.15, 0.2) is 18.3 Å². The molecule has 1 aromatic rings. The topological polar surface area (TPSA) is 78.2 Å². The number of amides is 1. The van der Waals surface area contributed by atoms with Crippen LogP contribution in [-0.2, 0) is 4.74 Å². The van der Waals surface area contributed by atoms with Gasteiger partial charge in [-0.15, -0.1) is 0 Å². The van der Waals surface area contributed by atoms with Crippen LogP contribution in [0.4, 0.5) is 10.6 Å². The third-order valence-electron chi connectivity index (χ3n) is 3.08. The van der Waals surface area contributed by atoms with Gasteiger partial charge in [-0.1, -0.05) is 0 Å². The minimum absolute atomic E-state index is 0.124. The largest absolute Gasteiger partial charge is 0.444 e. The molecule has 2 rings (SSSR count). The number of carbonyl (C=O) groups is 1. The Balaban J connectivity index is 1.91. The van der Waals surface area contributed by atoms with Crippen LogP contribution in [0.25, 0.3) is 0 Å². The van der Waals surface area contributed by atoms with Gasteiger partial charge in [-0.3, -0.25) is 0 Å². The van der Waals surface area contributed by atoms with E-state index in [1.807, 2.05) is 20.8 Å². The zero-order chi connectivity index (χ0) is 15.5. The Hall–Kier alpha value is -2.29. The fourth-order valence-corrected chi connectivity index (χ4v) is 2.16. The van der Waals surface area contributed by atoms with Crippen LogP contribution in [0.2, 0.25) is 0 Å². The molecule has 0 bridgehead atoms. The standard InChI is InChI=1S/C15H20N4O2/c1-15(2,3)21-14(20)19-7-5-12(10-19)18-13-8-11(9-16)4-6-17-13/h4,6,8,12H,5,7,10H2,1-3H3,(H,17,18). The van der Waals surface area contributed by atoms with Gasteiger partial charge in [0.05, 0.1) is 11.6 Å². The van der Waals surface area contributed by atoms with Gasteiger partial charge in [-0.25, -0.2) is 9.78 Å². The summed E-state index contributed by atoms with van der Waals surface area (Å²) in [6, 6.07) is 5.57.